The average Bonchev–Trinajstić information content (AvgIpc) is 3.09. The van der Waals surface area contributed by atoms with Gasteiger partial charge in [0.25, 0.3) is 0 Å². The maximum absolute atomic E-state index is 5.58. The van der Waals surface area contributed by atoms with Crippen LogP contribution < -0.4 is 10.1 Å². The van der Waals surface area contributed by atoms with Crippen molar-refractivity contribution in [1.82, 2.24) is 5.32 Å². The fourth-order valence-electron chi connectivity index (χ4n) is 3.56. The summed E-state index contributed by atoms with van der Waals surface area (Å²) in [6.45, 7) is 5.48. The summed E-state index contributed by atoms with van der Waals surface area (Å²) in [5.41, 5.74) is 2.77. The van der Waals surface area contributed by atoms with Gasteiger partial charge in [-0.1, -0.05) is 25.0 Å². The number of hydrogen-bond acceptors (Lipinski definition) is 2. The Labute approximate surface area is 116 Å². The van der Waals surface area contributed by atoms with Gasteiger partial charge in [0.1, 0.15) is 5.75 Å². The smallest absolute Gasteiger partial charge is 0.122 e. The molecule has 2 atom stereocenters. The Morgan fingerprint density at radius 1 is 1.21 bits per heavy atom. The Bertz CT molecular complexity index is 437. The van der Waals surface area contributed by atoms with Crippen LogP contribution in [0.3, 0.4) is 0 Å². The molecule has 1 heterocycles. The third-order valence-corrected chi connectivity index (χ3v) is 4.83. The van der Waals surface area contributed by atoms with Crippen LogP contribution in [-0.4, -0.2) is 12.6 Å². The molecule has 1 aromatic rings. The van der Waals surface area contributed by atoms with Gasteiger partial charge < -0.3 is 10.1 Å². The Kier molecular flexibility index (Phi) is 3.79. The topological polar surface area (TPSA) is 21.3 Å². The monoisotopic (exact) mass is 259 g/mol. The number of hydrogen-bond donors (Lipinski definition) is 1. The second-order valence-electron chi connectivity index (χ2n) is 6.19. The molecule has 2 unspecified atom stereocenters. The van der Waals surface area contributed by atoms with Crippen molar-refractivity contribution in [3.63, 3.8) is 0 Å². The second kappa shape index (κ2) is 5.54. The highest BCUT2D eigenvalue weighted by molar-refractivity contribution is 5.40. The van der Waals surface area contributed by atoms with Crippen LogP contribution >= 0.6 is 0 Å². The lowest BCUT2D eigenvalue weighted by Crippen LogP contribution is -2.34. The number of ether oxygens (including phenoxy) is 1. The van der Waals surface area contributed by atoms with E-state index in [1.165, 1.54) is 36.8 Å². The molecule has 0 aromatic heterocycles. The Balaban J connectivity index is 1.64. The Morgan fingerprint density at radius 2 is 2.00 bits per heavy atom. The van der Waals surface area contributed by atoms with Crippen molar-refractivity contribution in [1.29, 1.82) is 0 Å². The predicted octanol–water partition coefficient (Wildman–Crippen LogP) is 3.85. The van der Waals surface area contributed by atoms with Gasteiger partial charge in [-0.3, -0.25) is 0 Å². The lowest BCUT2D eigenvalue weighted by molar-refractivity contribution is 0.352. The van der Waals surface area contributed by atoms with Crippen LogP contribution in [-0.2, 0) is 6.42 Å². The van der Waals surface area contributed by atoms with Gasteiger partial charge in [0.15, 0.2) is 0 Å². The Morgan fingerprint density at radius 3 is 2.79 bits per heavy atom. The van der Waals surface area contributed by atoms with Crippen molar-refractivity contribution in [2.75, 3.05) is 6.61 Å². The van der Waals surface area contributed by atoms with Gasteiger partial charge in [0, 0.05) is 18.5 Å². The van der Waals surface area contributed by atoms with Gasteiger partial charge in [0.05, 0.1) is 6.61 Å². The van der Waals surface area contributed by atoms with Crippen molar-refractivity contribution < 1.29 is 4.74 Å². The summed E-state index contributed by atoms with van der Waals surface area (Å²) in [7, 11) is 0. The fraction of sp³-hybridized carbons (Fsp3) is 0.647. The minimum Gasteiger partial charge on any atom is -0.493 e. The normalized spacial score (nSPS) is 22.0. The molecule has 1 N–H and O–H groups in total. The molecule has 0 amide bonds. The van der Waals surface area contributed by atoms with Crippen molar-refractivity contribution in [3.05, 3.63) is 29.3 Å². The van der Waals surface area contributed by atoms with E-state index in [0.717, 1.165) is 24.7 Å². The highest BCUT2D eigenvalue weighted by Gasteiger charge is 2.23. The molecule has 19 heavy (non-hydrogen) atoms. The first-order chi connectivity index (χ1) is 9.24. The zero-order chi connectivity index (χ0) is 13.2. The molecule has 0 saturated heterocycles. The first kappa shape index (κ1) is 13.0. The summed E-state index contributed by atoms with van der Waals surface area (Å²) in [4.78, 5) is 0. The van der Waals surface area contributed by atoms with E-state index < -0.39 is 0 Å². The summed E-state index contributed by atoms with van der Waals surface area (Å²) in [5.74, 6) is 1.96. The number of benzene rings is 1. The minimum atomic E-state index is 0.432. The first-order valence-corrected chi connectivity index (χ1v) is 7.75. The van der Waals surface area contributed by atoms with Crippen molar-refractivity contribution in [3.8, 4) is 5.75 Å². The molecular weight excluding hydrogens is 234 g/mol. The van der Waals surface area contributed by atoms with Gasteiger partial charge in [0.2, 0.25) is 0 Å². The summed E-state index contributed by atoms with van der Waals surface area (Å²) in [6, 6.07) is 7.73. The average molecular weight is 259 g/mol. The van der Waals surface area contributed by atoms with Gasteiger partial charge >= 0.3 is 0 Å². The van der Waals surface area contributed by atoms with Gasteiger partial charge in [-0.05, 0) is 49.8 Å². The standard InChI is InChI=1S/C17H25NO/c1-12(14-5-3-4-6-14)18-13(2)15-7-8-17-16(11-15)9-10-19-17/h7-8,11-14,18H,3-6,9-10H2,1-2H3. The zero-order valence-corrected chi connectivity index (χ0v) is 12.1. The van der Waals surface area contributed by atoms with Gasteiger partial charge in [-0.15, -0.1) is 0 Å². The SMILES string of the molecule is CC(NC(C)C1CCCC1)c1ccc2c(c1)CCO2. The van der Waals surface area contributed by atoms with Crippen LogP contribution in [0.2, 0.25) is 0 Å². The lowest BCUT2D eigenvalue weighted by Gasteiger charge is -2.25. The third kappa shape index (κ3) is 2.79. The van der Waals surface area contributed by atoms with Crippen LogP contribution in [0.15, 0.2) is 18.2 Å². The van der Waals surface area contributed by atoms with Crippen LogP contribution in [0.25, 0.3) is 0 Å². The van der Waals surface area contributed by atoms with E-state index in [1.54, 1.807) is 0 Å². The highest BCUT2D eigenvalue weighted by atomic mass is 16.5. The van der Waals surface area contributed by atoms with Crippen molar-refractivity contribution in [2.24, 2.45) is 5.92 Å². The van der Waals surface area contributed by atoms with E-state index >= 15 is 0 Å². The van der Waals surface area contributed by atoms with E-state index in [2.05, 4.69) is 37.4 Å². The highest BCUT2D eigenvalue weighted by Crippen LogP contribution is 2.31. The zero-order valence-electron chi connectivity index (χ0n) is 12.1. The van der Waals surface area contributed by atoms with Gasteiger partial charge in [-0.25, -0.2) is 0 Å². The molecule has 104 valence electrons. The van der Waals surface area contributed by atoms with Crippen LogP contribution in [0.1, 0.15) is 56.7 Å². The minimum absolute atomic E-state index is 0.432. The summed E-state index contributed by atoms with van der Waals surface area (Å²) >= 11 is 0. The lowest BCUT2D eigenvalue weighted by atomic mass is 9.97. The molecule has 1 aromatic carbocycles. The third-order valence-electron chi connectivity index (χ3n) is 4.83. The van der Waals surface area contributed by atoms with E-state index in [-0.39, 0.29) is 0 Å². The summed E-state index contributed by atoms with van der Waals surface area (Å²) < 4.78 is 5.58. The maximum Gasteiger partial charge on any atom is 0.122 e. The number of rotatable bonds is 4. The van der Waals surface area contributed by atoms with Crippen LogP contribution in [0.4, 0.5) is 0 Å². The number of fused-ring (bicyclic) bond motifs is 1. The maximum atomic E-state index is 5.58. The van der Waals surface area contributed by atoms with E-state index in [9.17, 15) is 0 Å². The fourth-order valence-corrected chi connectivity index (χ4v) is 3.56. The van der Waals surface area contributed by atoms with Crippen molar-refractivity contribution >= 4 is 0 Å². The molecule has 2 heteroatoms. The molecule has 2 nitrogen and oxygen atoms in total. The molecular formula is C17H25NO. The largest absolute Gasteiger partial charge is 0.493 e. The van der Waals surface area contributed by atoms with E-state index in [1.807, 2.05) is 0 Å². The van der Waals surface area contributed by atoms with Crippen molar-refractivity contribution in [2.45, 2.75) is 58.0 Å². The molecule has 1 aliphatic carbocycles. The molecule has 0 spiro atoms. The van der Waals surface area contributed by atoms with Gasteiger partial charge in [-0.2, -0.15) is 0 Å². The molecule has 0 bridgehead atoms. The number of nitrogens with one attached hydrogen (secondary N) is 1. The molecule has 3 rings (SSSR count). The quantitative estimate of drug-likeness (QED) is 0.886. The van der Waals surface area contributed by atoms with E-state index in [4.69, 9.17) is 4.74 Å². The molecule has 1 saturated carbocycles. The molecule has 1 aliphatic heterocycles. The molecule has 1 fully saturated rings. The van der Waals surface area contributed by atoms with E-state index in [0.29, 0.717) is 12.1 Å². The summed E-state index contributed by atoms with van der Waals surface area (Å²) in [6.07, 6.45) is 6.70. The Hall–Kier alpha value is -1.02. The first-order valence-electron chi connectivity index (χ1n) is 7.75. The summed E-state index contributed by atoms with van der Waals surface area (Å²) in [5, 5.41) is 3.79. The predicted molar refractivity (Wildman–Crippen MR) is 78.6 cm³/mol. The molecule has 2 aliphatic rings. The molecule has 0 radical (unpaired) electrons. The van der Waals surface area contributed by atoms with Crippen LogP contribution in [0.5, 0.6) is 5.75 Å². The second-order valence-corrected chi connectivity index (χ2v) is 6.19. The van der Waals surface area contributed by atoms with Crippen LogP contribution in [0, 0.1) is 5.92 Å².